The number of carboxylic acid groups (broad SMARTS) is 1. The number of fused-ring (bicyclic) bond motifs is 2. The summed E-state index contributed by atoms with van der Waals surface area (Å²) in [6, 6.07) is 15.3. The van der Waals surface area contributed by atoms with Crippen LogP contribution >= 0.6 is 0 Å². The second kappa shape index (κ2) is 10.9. The van der Waals surface area contributed by atoms with Crippen LogP contribution in [0.1, 0.15) is 52.6 Å². The quantitative estimate of drug-likeness (QED) is 0.284. The fraction of sp³-hybridized carbons (Fsp3) is 0.355. The Hall–Kier alpha value is -4.28. The van der Waals surface area contributed by atoms with Crippen LogP contribution in [0.15, 0.2) is 67.1 Å². The minimum Gasteiger partial charge on any atom is -0.478 e. The standard InChI is InChI=1S/C31H32N6O4/c38-31(39)23-4-5-26-27(17-23)37(18-24-9-15-40-24)29(33-26)19-35-11-7-22(8-12-35)25-2-1-3-30(34-25)41-20-21-6-13-36-14-10-32-28(36)16-21/h1-6,10,13-14,16-17,22,24H,7-9,11-12,15,18-20H2,(H,38,39)/t24-/m0/s1. The molecule has 6 heterocycles. The van der Waals surface area contributed by atoms with Crippen molar-refractivity contribution < 1.29 is 19.4 Å². The summed E-state index contributed by atoms with van der Waals surface area (Å²) in [5, 5.41) is 9.51. The van der Waals surface area contributed by atoms with Gasteiger partial charge in [0, 0.05) is 42.9 Å². The molecule has 0 spiro atoms. The zero-order chi connectivity index (χ0) is 27.8. The van der Waals surface area contributed by atoms with Gasteiger partial charge in [0.05, 0.1) is 35.8 Å². The van der Waals surface area contributed by atoms with Gasteiger partial charge in [0.25, 0.3) is 0 Å². The topological polar surface area (TPSA) is 107 Å². The van der Waals surface area contributed by atoms with Crippen LogP contribution in [0, 0.1) is 0 Å². The number of pyridine rings is 2. The molecule has 1 N–H and O–H groups in total. The van der Waals surface area contributed by atoms with Crippen LogP contribution in [0.25, 0.3) is 16.7 Å². The van der Waals surface area contributed by atoms with E-state index in [4.69, 9.17) is 19.4 Å². The third-order valence-corrected chi connectivity index (χ3v) is 8.22. The Morgan fingerprint density at radius 2 is 1.93 bits per heavy atom. The number of aromatic nitrogens is 5. The Morgan fingerprint density at radius 1 is 1.05 bits per heavy atom. The molecule has 10 nitrogen and oxygen atoms in total. The lowest BCUT2D eigenvalue weighted by Crippen LogP contribution is -2.35. The van der Waals surface area contributed by atoms with Crippen molar-refractivity contribution in [2.24, 2.45) is 0 Å². The normalized spacial score (nSPS) is 18.1. The van der Waals surface area contributed by atoms with E-state index >= 15 is 0 Å². The minimum atomic E-state index is -0.929. The molecule has 2 fully saturated rings. The van der Waals surface area contributed by atoms with Crippen molar-refractivity contribution in [2.75, 3.05) is 19.7 Å². The van der Waals surface area contributed by atoms with Gasteiger partial charge in [0.1, 0.15) is 18.1 Å². The molecule has 0 bridgehead atoms. The lowest BCUT2D eigenvalue weighted by atomic mass is 9.93. The molecule has 2 aliphatic heterocycles. The average Bonchev–Trinajstić information content (AvgIpc) is 3.57. The van der Waals surface area contributed by atoms with Crippen molar-refractivity contribution >= 4 is 22.6 Å². The molecule has 0 saturated carbocycles. The van der Waals surface area contributed by atoms with Gasteiger partial charge in [0.2, 0.25) is 5.88 Å². The van der Waals surface area contributed by atoms with E-state index in [1.165, 1.54) is 0 Å². The van der Waals surface area contributed by atoms with Crippen molar-refractivity contribution in [3.63, 3.8) is 0 Å². The molecule has 210 valence electrons. The van der Waals surface area contributed by atoms with E-state index in [2.05, 4.69) is 20.5 Å². The van der Waals surface area contributed by atoms with Crippen molar-refractivity contribution in [3.8, 4) is 5.88 Å². The van der Waals surface area contributed by atoms with Gasteiger partial charge in [-0.05, 0) is 74.3 Å². The largest absolute Gasteiger partial charge is 0.478 e. The van der Waals surface area contributed by atoms with Gasteiger partial charge in [-0.3, -0.25) is 4.90 Å². The number of hydrogen-bond donors (Lipinski definition) is 1. The summed E-state index contributed by atoms with van der Waals surface area (Å²) in [5.41, 5.74) is 4.98. The van der Waals surface area contributed by atoms with Crippen LogP contribution in [-0.4, -0.2) is 65.7 Å². The first-order valence-electron chi connectivity index (χ1n) is 14.2. The van der Waals surface area contributed by atoms with Gasteiger partial charge in [-0.2, -0.15) is 0 Å². The van der Waals surface area contributed by atoms with E-state index in [0.717, 1.165) is 72.7 Å². The molecule has 5 aromatic rings. The number of carbonyl (C=O) groups is 1. The predicted molar refractivity (Wildman–Crippen MR) is 152 cm³/mol. The number of rotatable bonds is 9. The van der Waals surface area contributed by atoms with E-state index in [9.17, 15) is 9.90 Å². The molecular weight excluding hydrogens is 520 g/mol. The highest BCUT2D eigenvalue weighted by Gasteiger charge is 2.26. The number of ether oxygens (including phenoxy) is 2. The lowest BCUT2D eigenvalue weighted by Gasteiger charge is -2.32. The molecule has 0 radical (unpaired) electrons. The average molecular weight is 553 g/mol. The molecule has 10 heteroatoms. The van der Waals surface area contributed by atoms with Crippen LogP contribution < -0.4 is 4.74 Å². The highest BCUT2D eigenvalue weighted by atomic mass is 16.5. The zero-order valence-corrected chi connectivity index (χ0v) is 22.7. The maximum Gasteiger partial charge on any atom is 0.335 e. The van der Waals surface area contributed by atoms with E-state index in [-0.39, 0.29) is 11.7 Å². The predicted octanol–water partition coefficient (Wildman–Crippen LogP) is 4.52. The van der Waals surface area contributed by atoms with Crippen molar-refractivity contribution in [3.05, 3.63) is 89.8 Å². The summed E-state index contributed by atoms with van der Waals surface area (Å²) in [4.78, 5) is 28.1. The second-order valence-corrected chi connectivity index (χ2v) is 10.9. The van der Waals surface area contributed by atoms with Crippen molar-refractivity contribution in [2.45, 2.75) is 51.0 Å². The Balaban J connectivity index is 1.00. The van der Waals surface area contributed by atoms with E-state index in [1.54, 1.807) is 18.3 Å². The molecule has 41 heavy (non-hydrogen) atoms. The van der Waals surface area contributed by atoms with Crippen LogP contribution in [0.5, 0.6) is 5.88 Å². The summed E-state index contributed by atoms with van der Waals surface area (Å²) in [7, 11) is 0. The maximum atomic E-state index is 11.6. The van der Waals surface area contributed by atoms with Gasteiger partial charge < -0.3 is 23.5 Å². The van der Waals surface area contributed by atoms with Gasteiger partial charge >= 0.3 is 5.97 Å². The smallest absolute Gasteiger partial charge is 0.335 e. The molecule has 0 aliphatic carbocycles. The summed E-state index contributed by atoms with van der Waals surface area (Å²) in [6.07, 6.45) is 8.87. The zero-order valence-electron chi connectivity index (χ0n) is 22.7. The Bertz CT molecular complexity index is 1700. The first-order chi connectivity index (χ1) is 20.1. The van der Waals surface area contributed by atoms with Gasteiger partial charge in [0.15, 0.2) is 0 Å². The molecule has 7 rings (SSSR count). The maximum absolute atomic E-state index is 11.6. The summed E-state index contributed by atoms with van der Waals surface area (Å²) in [6.45, 7) is 4.50. The Labute approximate surface area is 237 Å². The number of likely N-dealkylation sites (tertiary alicyclic amines) is 1. The highest BCUT2D eigenvalue weighted by Crippen LogP contribution is 2.30. The minimum absolute atomic E-state index is 0.152. The molecular formula is C31H32N6O4. The first-order valence-corrected chi connectivity index (χ1v) is 14.2. The van der Waals surface area contributed by atoms with Gasteiger partial charge in [-0.25, -0.2) is 19.7 Å². The highest BCUT2D eigenvalue weighted by molar-refractivity contribution is 5.92. The SMILES string of the molecule is O=C(O)c1ccc2nc(CN3CCC(c4cccc(OCc5ccn6ccnc6c5)n4)CC3)n(C[C@@H]3CCO3)c2c1. The first kappa shape index (κ1) is 25.7. The van der Waals surface area contributed by atoms with Crippen LogP contribution in [0.4, 0.5) is 0 Å². The van der Waals surface area contributed by atoms with Crippen molar-refractivity contribution in [1.82, 2.24) is 28.8 Å². The van der Waals surface area contributed by atoms with E-state index in [0.29, 0.717) is 31.5 Å². The molecule has 2 aliphatic rings. The number of benzene rings is 1. The van der Waals surface area contributed by atoms with Gasteiger partial charge in [-0.1, -0.05) is 6.07 Å². The molecule has 0 amide bonds. The number of hydrogen-bond acceptors (Lipinski definition) is 7. The lowest BCUT2D eigenvalue weighted by molar-refractivity contribution is -0.0592. The van der Waals surface area contributed by atoms with Crippen LogP contribution in [0.3, 0.4) is 0 Å². The second-order valence-electron chi connectivity index (χ2n) is 10.9. The fourth-order valence-electron chi connectivity index (χ4n) is 5.79. The van der Waals surface area contributed by atoms with E-state index < -0.39 is 5.97 Å². The summed E-state index contributed by atoms with van der Waals surface area (Å²) in [5.74, 6) is 1.04. The number of nitrogens with zero attached hydrogens (tertiary/aromatic N) is 6. The number of carboxylic acids is 1. The Morgan fingerprint density at radius 3 is 2.73 bits per heavy atom. The van der Waals surface area contributed by atoms with Crippen LogP contribution in [0.2, 0.25) is 0 Å². The molecule has 4 aromatic heterocycles. The van der Waals surface area contributed by atoms with Crippen molar-refractivity contribution in [1.29, 1.82) is 0 Å². The molecule has 2 saturated heterocycles. The summed E-state index contributed by atoms with van der Waals surface area (Å²) >= 11 is 0. The van der Waals surface area contributed by atoms with E-state index in [1.807, 2.05) is 47.1 Å². The third kappa shape index (κ3) is 5.40. The third-order valence-electron chi connectivity index (χ3n) is 8.22. The number of piperidine rings is 1. The molecule has 0 unspecified atom stereocenters. The monoisotopic (exact) mass is 552 g/mol. The van der Waals surface area contributed by atoms with Crippen LogP contribution in [-0.2, 0) is 24.4 Å². The number of imidazole rings is 2. The molecule has 1 aromatic carbocycles. The Kier molecular flexibility index (Phi) is 6.85. The molecule has 1 atom stereocenters. The number of aromatic carboxylic acids is 1. The van der Waals surface area contributed by atoms with Gasteiger partial charge in [-0.15, -0.1) is 0 Å². The fourth-order valence-corrected chi connectivity index (χ4v) is 5.79. The summed E-state index contributed by atoms with van der Waals surface area (Å²) < 4.78 is 15.9.